The second-order valence-corrected chi connectivity index (χ2v) is 1.70. The quantitative estimate of drug-likeness (QED) is 0.502. The molecule has 0 spiro atoms. The smallest absolute Gasteiger partial charge is 0.325 e. The summed E-state index contributed by atoms with van der Waals surface area (Å²) >= 11 is 0. The van der Waals surface area contributed by atoms with Gasteiger partial charge in [0.1, 0.15) is 0 Å². The first kappa shape index (κ1) is 9.35. The average Bonchev–Trinajstić information content (AvgIpc) is 1.90. The minimum atomic E-state index is -1.14. The first-order chi connectivity index (χ1) is 4.63. The maximum atomic E-state index is 10.2. The van der Waals surface area contributed by atoms with Crippen molar-refractivity contribution in [3.8, 4) is 0 Å². The number of aliphatic carboxylic acids is 1. The van der Waals surface area contributed by atoms with Gasteiger partial charge >= 0.3 is 5.97 Å². The van der Waals surface area contributed by atoms with Crippen molar-refractivity contribution in [1.29, 1.82) is 0 Å². The summed E-state index contributed by atoms with van der Waals surface area (Å²) in [6.45, 7) is 0. The Morgan fingerprint density at radius 2 is 1.90 bits per heavy atom. The van der Waals surface area contributed by atoms with E-state index in [4.69, 9.17) is 10.8 Å². The SMILES string of the molecule is COC(OC)[C@@H](N)C(=O)O. The number of hydrogen-bond acceptors (Lipinski definition) is 4. The van der Waals surface area contributed by atoms with Crippen LogP contribution in [0.25, 0.3) is 0 Å². The van der Waals surface area contributed by atoms with E-state index < -0.39 is 18.3 Å². The number of ether oxygens (including phenoxy) is 2. The van der Waals surface area contributed by atoms with E-state index in [1.54, 1.807) is 0 Å². The van der Waals surface area contributed by atoms with Gasteiger partial charge < -0.3 is 20.3 Å². The Kier molecular flexibility index (Phi) is 3.94. The van der Waals surface area contributed by atoms with Crippen LogP contribution in [-0.2, 0) is 14.3 Å². The number of methoxy groups -OCH3 is 2. The van der Waals surface area contributed by atoms with Crippen molar-refractivity contribution >= 4 is 5.97 Å². The molecule has 0 aliphatic carbocycles. The zero-order chi connectivity index (χ0) is 8.15. The van der Waals surface area contributed by atoms with E-state index in [0.29, 0.717) is 0 Å². The third-order valence-corrected chi connectivity index (χ3v) is 1.04. The number of hydrogen-bond donors (Lipinski definition) is 2. The van der Waals surface area contributed by atoms with Gasteiger partial charge in [0.25, 0.3) is 0 Å². The molecule has 0 aliphatic rings. The fraction of sp³-hybridized carbons (Fsp3) is 0.800. The van der Waals surface area contributed by atoms with Crippen molar-refractivity contribution in [3.05, 3.63) is 0 Å². The zero-order valence-corrected chi connectivity index (χ0v) is 5.90. The highest BCUT2D eigenvalue weighted by molar-refractivity contribution is 5.73. The molecule has 0 aromatic carbocycles. The van der Waals surface area contributed by atoms with Gasteiger partial charge in [0.05, 0.1) is 0 Å². The summed E-state index contributed by atoms with van der Waals surface area (Å²) < 4.78 is 9.19. The fourth-order valence-corrected chi connectivity index (χ4v) is 0.506. The molecule has 5 heteroatoms. The lowest BCUT2D eigenvalue weighted by atomic mass is 10.3. The lowest BCUT2D eigenvalue weighted by molar-refractivity contribution is -0.158. The third-order valence-electron chi connectivity index (χ3n) is 1.04. The van der Waals surface area contributed by atoms with Gasteiger partial charge in [0, 0.05) is 14.2 Å². The Morgan fingerprint density at radius 1 is 1.50 bits per heavy atom. The lowest BCUT2D eigenvalue weighted by Crippen LogP contribution is -2.43. The van der Waals surface area contributed by atoms with Crippen molar-refractivity contribution < 1.29 is 19.4 Å². The van der Waals surface area contributed by atoms with Crippen LogP contribution in [0.4, 0.5) is 0 Å². The molecule has 0 bridgehead atoms. The van der Waals surface area contributed by atoms with Crippen LogP contribution in [-0.4, -0.2) is 37.6 Å². The van der Waals surface area contributed by atoms with E-state index in [-0.39, 0.29) is 0 Å². The average molecular weight is 149 g/mol. The standard InChI is InChI=1S/C5H11NO4/c1-9-5(10-2)3(6)4(7)8/h3,5H,6H2,1-2H3,(H,7,8)/t3-/m0/s1. The van der Waals surface area contributed by atoms with E-state index in [1.807, 2.05) is 0 Å². The number of nitrogens with two attached hydrogens (primary N) is 1. The molecule has 1 atom stereocenters. The molecule has 0 rings (SSSR count). The maximum Gasteiger partial charge on any atom is 0.325 e. The Bertz CT molecular complexity index is 112. The summed E-state index contributed by atoms with van der Waals surface area (Å²) in [7, 11) is 2.66. The second kappa shape index (κ2) is 4.21. The van der Waals surface area contributed by atoms with E-state index in [1.165, 1.54) is 14.2 Å². The first-order valence-corrected chi connectivity index (χ1v) is 2.67. The molecule has 5 nitrogen and oxygen atoms in total. The van der Waals surface area contributed by atoms with Gasteiger partial charge in [-0.05, 0) is 0 Å². The van der Waals surface area contributed by atoms with Gasteiger partial charge in [0.15, 0.2) is 12.3 Å². The second-order valence-electron chi connectivity index (χ2n) is 1.70. The van der Waals surface area contributed by atoms with Crippen LogP contribution in [0.2, 0.25) is 0 Å². The molecular weight excluding hydrogens is 138 g/mol. The summed E-state index contributed by atoms with van der Waals surface area (Å²) in [5.74, 6) is -1.14. The van der Waals surface area contributed by atoms with Crippen molar-refractivity contribution in [1.82, 2.24) is 0 Å². The number of carboxylic acids is 1. The predicted octanol–water partition coefficient (Wildman–Crippen LogP) is -0.983. The van der Waals surface area contributed by atoms with E-state index in [0.717, 1.165) is 0 Å². The van der Waals surface area contributed by atoms with Crippen molar-refractivity contribution in [2.75, 3.05) is 14.2 Å². The topological polar surface area (TPSA) is 81.8 Å². The van der Waals surface area contributed by atoms with Crippen LogP contribution < -0.4 is 5.73 Å². The molecular formula is C5H11NO4. The highest BCUT2D eigenvalue weighted by Crippen LogP contribution is 1.95. The maximum absolute atomic E-state index is 10.2. The van der Waals surface area contributed by atoms with Crippen LogP contribution >= 0.6 is 0 Å². The van der Waals surface area contributed by atoms with Gasteiger partial charge in [-0.2, -0.15) is 0 Å². The van der Waals surface area contributed by atoms with Crippen molar-refractivity contribution in [2.24, 2.45) is 5.73 Å². The van der Waals surface area contributed by atoms with E-state index >= 15 is 0 Å². The lowest BCUT2D eigenvalue weighted by Gasteiger charge is -2.16. The summed E-state index contributed by atoms with van der Waals surface area (Å²) in [4.78, 5) is 10.2. The molecule has 0 aromatic rings. The highest BCUT2D eigenvalue weighted by Gasteiger charge is 2.22. The van der Waals surface area contributed by atoms with Gasteiger partial charge in [-0.15, -0.1) is 0 Å². The number of carboxylic acid groups (broad SMARTS) is 1. The van der Waals surface area contributed by atoms with Crippen LogP contribution in [0, 0.1) is 0 Å². The molecule has 0 saturated heterocycles. The van der Waals surface area contributed by atoms with Gasteiger partial charge in [-0.25, -0.2) is 0 Å². The molecule has 0 amide bonds. The Labute approximate surface area is 58.7 Å². The van der Waals surface area contributed by atoms with Crippen molar-refractivity contribution in [2.45, 2.75) is 12.3 Å². The minimum absolute atomic E-state index is 0.877. The molecule has 10 heavy (non-hydrogen) atoms. The van der Waals surface area contributed by atoms with Gasteiger partial charge in [-0.3, -0.25) is 4.79 Å². The van der Waals surface area contributed by atoms with Gasteiger partial charge in [0.2, 0.25) is 0 Å². The van der Waals surface area contributed by atoms with Crippen LogP contribution in [0.5, 0.6) is 0 Å². The van der Waals surface area contributed by atoms with Crippen LogP contribution in [0.15, 0.2) is 0 Å². The summed E-state index contributed by atoms with van der Waals surface area (Å²) in [5.41, 5.74) is 5.13. The molecule has 0 aromatic heterocycles. The minimum Gasteiger partial charge on any atom is -0.480 e. The van der Waals surface area contributed by atoms with Gasteiger partial charge in [-0.1, -0.05) is 0 Å². The molecule has 60 valence electrons. The normalized spacial score (nSPS) is 13.6. The van der Waals surface area contributed by atoms with Crippen LogP contribution in [0.3, 0.4) is 0 Å². The van der Waals surface area contributed by atoms with Crippen molar-refractivity contribution in [3.63, 3.8) is 0 Å². The predicted molar refractivity (Wildman–Crippen MR) is 33.4 cm³/mol. The summed E-state index contributed by atoms with van der Waals surface area (Å²) in [6, 6.07) is -1.13. The fourth-order valence-electron chi connectivity index (χ4n) is 0.506. The molecule has 0 radical (unpaired) electrons. The Morgan fingerprint density at radius 3 is 2.00 bits per heavy atom. The Hall–Kier alpha value is -0.650. The summed E-state index contributed by atoms with van der Waals surface area (Å²) in [6.07, 6.45) is -0.877. The highest BCUT2D eigenvalue weighted by atomic mass is 16.7. The molecule has 0 heterocycles. The monoisotopic (exact) mass is 149 g/mol. The third kappa shape index (κ3) is 2.30. The zero-order valence-electron chi connectivity index (χ0n) is 5.90. The molecule has 0 aliphatic heterocycles. The molecule has 0 unspecified atom stereocenters. The number of rotatable bonds is 4. The first-order valence-electron chi connectivity index (χ1n) is 2.67. The summed E-state index contributed by atoms with van der Waals surface area (Å²) in [5, 5.41) is 8.33. The molecule has 0 saturated carbocycles. The van der Waals surface area contributed by atoms with Crippen LogP contribution in [0.1, 0.15) is 0 Å². The van der Waals surface area contributed by atoms with E-state index in [2.05, 4.69) is 9.47 Å². The van der Waals surface area contributed by atoms with E-state index in [9.17, 15) is 4.79 Å². The number of carbonyl (C=O) groups is 1. The molecule has 0 fully saturated rings. The molecule has 3 N–H and O–H groups in total. The largest absolute Gasteiger partial charge is 0.480 e. The Balaban J connectivity index is 3.88.